The first-order valence-corrected chi connectivity index (χ1v) is 22.0. The summed E-state index contributed by atoms with van der Waals surface area (Å²) >= 11 is 0. The van der Waals surface area contributed by atoms with Gasteiger partial charge in [-0.3, -0.25) is 4.57 Å². The molecule has 6 heteroatoms. The number of aromatic nitrogens is 3. The Balaban J connectivity index is 0.892. The van der Waals surface area contributed by atoms with Crippen LogP contribution < -0.4 is 14.5 Å². The molecular weight excluding hydrogens is 783 g/mol. The van der Waals surface area contributed by atoms with Crippen molar-refractivity contribution in [1.29, 1.82) is 0 Å². The Kier molecular flexibility index (Phi) is 8.70. The molecule has 0 saturated carbocycles. The Morgan fingerprint density at radius 2 is 1.05 bits per heavy atom. The average Bonchev–Trinajstić information content (AvgIpc) is 4.00. The van der Waals surface area contributed by atoms with E-state index < -0.39 is 0 Å². The van der Waals surface area contributed by atoms with Gasteiger partial charge in [0.05, 0.1) is 39.3 Å². The van der Waals surface area contributed by atoms with Crippen molar-refractivity contribution in [3.8, 4) is 34.0 Å². The van der Waals surface area contributed by atoms with Crippen molar-refractivity contribution >= 4 is 66.5 Å². The summed E-state index contributed by atoms with van der Waals surface area (Å²) in [5, 5.41) is 4.73. The molecule has 0 bridgehead atoms. The van der Waals surface area contributed by atoms with Crippen LogP contribution in [0.3, 0.4) is 0 Å². The smallest absolute Gasteiger partial charge is 0.145 e. The van der Waals surface area contributed by atoms with E-state index in [1.165, 1.54) is 49.9 Å². The van der Waals surface area contributed by atoms with Crippen molar-refractivity contribution in [3.63, 3.8) is 0 Å². The number of pyridine rings is 1. The van der Waals surface area contributed by atoms with Crippen LogP contribution in [0.5, 0.6) is 11.5 Å². The van der Waals surface area contributed by atoms with Crippen molar-refractivity contribution in [2.45, 2.75) is 26.2 Å². The van der Waals surface area contributed by atoms with Crippen molar-refractivity contribution in [2.24, 2.45) is 0 Å². The van der Waals surface area contributed by atoms with E-state index in [0.29, 0.717) is 6.67 Å². The van der Waals surface area contributed by atoms with Crippen molar-refractivity contribution < 1.29 is 4.74 Å². The van der Waals surface area contributed by atoms with Gasteiger partial charge in [-0.2, -0.15) is 0 Å². The minimum absolute atomic E-state index is 0.00185. The Labute approximate surface area is 372 Å². The number of hydrogen-bond acceptors (Lipinski definition) is 4. The molecule has 0 amide bonds. The van der Waals surface area contributed by atoms with Crippen molar-refractivity contribution in [3.05, 3.63) is 212 Å². The van der Waals surface area contributed by atoms with E-state index in [9.17, 15) is 0 Å². The van der Waals surface area contributed by atoms with Crippen LogP contribution in [0.2, 0.25) is 0 Å². The predicted octanol–water partition coefficient (Wildman–Crippen LogP) is 15.3. The first-order valence-electron chi connectivity index (χ1n) is 22.0. The number of benzene rings is 8. The summed E-state index contributed by atoms with van der Waals surface area (Å²) in [6, 6.07) is 71.4. The molecule has 1 aliphatic rings. The van der Waals surface area contributed by atoms with E-state index in [1.54, 1.807) is 0 Å². The summed E-state index contributed by atoms with van der Waals surface area (Å²) in [5.41, 5.74) is 14.7. The molecule has 8 aromatic carbocycles. The maximum absolute atomic E-state index is 6.74. The molecule has 3 aromatic heterocycles. The van der Waals surface area contributed by atoms with E-state index in [4.69, 9.17) is 9.72 Å². The van der Waals surface area contributed by atoms with Gasteiger partial charge in [-0.25, -0.2) is 4.98 Å². The summed E-state index contributed by atoms with van der Waals surface area (Å²) in [4.78, 5) is 9.79. The highest BCUT2D eigenvalue weighted by molar-refractivity contribution is 6.11. The first-order chi connectivity index (χ1) is 31.4. The van der Waals surface area contributed by atoms with Gasteiger partial charge in [-0.05, 0) is 101 Å². The molecule has 0 spiro atoms. The number of nitrogens with zero attached hydrogens (tertiary/aromatic N) is 5. The Bertz CT molecular complexity index is 3520. The third kappa shape index (κ3) is 6.21. The average molecular weight is 828 g/mol. The zero-order chi connectivity index (χ0) is 42.9. The Morgan fingerprint density at radius 1 is 0.438 bits per heavy atom. The summed E-state index contributed by atoms with van der Waals surface area (Å²) in [7, 11) is 0. The highest BCUT2D eigenvalue weighted by Crippen LogP contribution is 2.48. The number of fused-ring (bicyclic) bond motifs is 7. The second kappa shape index (κ2) is 14.8. The molecule has 0 N–H and O–H groups in total. The molecule has 12 rings (SSSR count). The maximum Gasteiger partial charge on any atom is 0.145 e. The monoisotopic (exact) mass is 827 g/mol. The van der Waals surface area contributed by atoms with Gasteiger partial charge in [0.25, 0.3) is 0 Å². The van der Waals surface area contributed by atoms with Crippen molar-refractivity contribution in [2.75, 3.05) is 16.5 Å². The van der Waals surface area contributed by atoms with Gasteiger partial charge < -0.3 is 19.1 Å². The summed E-state index contributed by atoms with van der Waals surface area (Å²) in [6.45, 7) is 7.50. The minimum Gasteiger partial charge on any atom is -0.457 e. The Morgan fingerprint density at radius 3 is 1.78 bits per heavy atom. The lowest BCUT2D eigenvalue weighted by atomic mass is 9.85. The van der Waals surface area contributed by atoms with Crippen LogP contribution in [0.4, 0.5) is 22.7 Å². The summed E-state index contributed by atoms with van der Waals surface area (Å²) in [5.74, 6) is 1.51. The number of hydrogen-bond donors (Lipinski definition) is 0. The van der Waals surface area contributed by atoms with Crippen LogP contribution in [0, 0.1) is 0 Å². The van der Waals surface area contributed by atoms with E-state index in [0.717, 1.165) is 56.2 Å². The molecule has 0 aliphatic carbocycles. The van der Waals surface area contributed by atoms with E-state index in [-0.39, 0.29) is 5.41 Å². The van der Waals surface area contributed by atoms with Gasteiger partial charge in [0.2, 0.25) is 0 Å². The molecule has 6 nitrogen and oxygen atoms in total. The lowest BCUT2D eigenvalue weighted by Gasteiger charge is -2.27. The topological polar surface area (TPSA) is 38.5 Å². The van der Waals surface area contributed by atoms with Crippen LogP contribution >= 0.6 is 0 Å². The third-order valence-electron chi connectivity index (χ3n) is 12.8. The lowest BCUT2D eigenvalue weighted by Crippen LogP contribution is -2.25. The molecule has 11 aromatic rings. The van der Waals surface area contributed by atoms with Crippen LogP contribution in [-0.4, -0.2) is 20.8 Å². The normalized spacial score (nSPS) is 12.8. The van der Waals surface area contributed by atoms with Crippen LogP contribution in [0.15, 0.2) is 206 Å². The van der Waals surface area contributed by atoms with Gasteiger partial charge in [-0.1, -0.05) is 124 Å². The first kappa shape index (κ1) is 37.7. The van der Waals surface area contributed by atoms with Crippen LogP contribution in [0.25, 0.3) is 66.2 Å². The number of ether oxygens (including phenoxy) is 1. The minimum atomic E-state index is 0.00185. The highest BCUT2D eigenvalue weighted by atomic mass is 16.5. The SMILES string of the molecule is CC(C)(C)c1ccc(-c2ccccc2)c(N2CN(c3cccc(Oc4cccc(-n5c6ccc(-n7c8ccccc8c8ccccc87)cc6c6cccnc65)c4)c3)c3ccccc32)c1. The second-order valence-corrected chi connectivity index (χ2v) is 17.7. The fraction of sp³-hybridized carbons (Fsp3) is 0.0862. The van der Waals surface area contributed by atoms with E-state index in [2.05, 4.69) is 222 Å². The molecule has 0 radical (unpaired) electrons. The molecule has 308 valence electrons. The Hall–Kier alpha value is -8.09. The van der Waals surface area contributed by atoms with E-state index in [1.807, 2.05) is 24.4 Å². The fourth-order valence-electron chi connectivity index (χ4n) is 9.70. The second-order valence-electron chi connectivity index (χ2n) is 17.7. The fourth-order valence-corrected chi connectivity index (χ4v) is 9.70. The molecule has 0 atom stereocenters. The quantitative estimate of drug-likeness (QED) is 0.160. The van der Waals surface area contributed by atoms with Crippen molar-refractivity contribution in [1.82, 2.24) is 14.1 Å². The molecular formula is C58H45N5O. The largest absolute Gasteiger partial charge is 0.457 e. The predicted molar refractivity (Wildman–Crippen MR) is 266 cm³/mol. The van der Waals surface area contributed by atoms with Gasteiger partial charge in [0, 0.05) is 56.8 Å². The number of rotatable bonds is 7. The van der Waals surface area contributed by atoms with E-state index >= 15 is 0 Å². The molecule has 0 fully saturated rings. The van der Waals surface area contributed by atoms with Gasteiger partial charge in [-0.15, -0.1) is 0 Å². The lowest BCUT2D eigenvalue weighted by molar-refractivity contribution is 0.482. The summed E-state index contributed by atoms with van der Waals surface area (Å²) < 4.78 is 11.4. The maximum atomic E-state index is 6.74. The molecule has 64 heavy (non-hydrogen) atoms. The molecule has 4 heterocycles. The third-order valence-corrected chi connectivity index (χ3v) is 12.8. The van der Waals surface area contributed by atoms with Gasteiger partial charge in [0.1, 0.15) is 23.8 Å². The number of para-hydroxylation sites is 4. The highest BCUT2D eigenvalue weighted by Gasteiger charge is 2.30. The van der Waals surface area contributed by atoms with Crippen LogP contribution in [0.1, 0.15) is 26.3 Å². The molecule has 1 aliphatic heterocycles. The molecule has 0 saturated heterocycles. The molecule has 0 unspecified atom stereocenters. The number of anilines is 4. The van der Waals surface area contributed by atoms with Gasteiger partial charge in [0.15, 0.2) is 0 Å². The zero-order valence-corrected chi connectivity index (χ0v) is 36.0. The zero-order valence-electron chi connectivity index (χ0n) is 36.0. The standard InChI is InChI=1S/C58H45N5O/c1-58(2,3)40-29-31-46(39-16-5-4-6-17-39)56(34-40)61-38-60(54-27-11-12-28-55(54)61)41-18-13-20-44(35-41)64-45-21-14-19-42(36-45)63-53-32-30-43(37-50(53)49-24-15-33-59-57(49)63)62-51-25-9-7-22-47(51)48-23-8-10-26-52(48)62/h4-37H,38H2,1-3H3. The summed E-state index contributed by atoms with van der Waals surface area (Å²) in [6.07, 6.45) is 1.87. The van der Waals surface area contributed by atoms with Crippen LogP contribution in [-0.2, 0) is 5.41 Å². The van der Waals surface area contributed by atoms with Gasteiger partial charge >= 0.3 is 0 Å².